The number of pyridine rings is 1. The monoisotopic (exact) mass is 266 g/mol. The molecule has 0 unspecified atom stereocenters. The molecule has 0 aliphatic carbocycles. The fourth-order valence-corrected chi connectivity index (χ4v) is 2.64. The number of nitrogens with zero attached hydrogens (tertiary/aromatic N) is 2. The van der Waals surface area contributed by atoms with Crippen molar-refractivity contribution in [3.05, 3.63) is 33.2 Å². The van der Waals surface area contributed by atoms with Crippen molar-refractivity contribution in [2.45, 2.75) is 33.0 Å². The lowest BCUT2D eigenvalue weighted by Gasteiger charge is -2.30. The number of likely N-dealkylation sites (N-methyl/N-ethyl adjacent to an activating group) is 1. The highest BCUT2D eigenvalue weighted by atomic mass is 16.5. The smallest absolute Gasteiger partial charge is 0.256 e. The Bertz CT molecular complexity index is 496. The third-order valence-corrected chi connectivity index (χ3v) is 3.76. The first-order chi connectivity index (χ1) is 9.21. The predicted octanol–water partition coefficient (Wildman–Crippen LogP) is 0.365. The molecular weight excluding hydrogens is 244 g/mol. The van der Waals surface area contributed by atoms with E-state index >= 15 is 0 Å². The third kappa shape index (κ3) is 2.88. The maximum absolute atomic E-state index is 12.3. The van der Waals surface area contributed by atoms with Crippen molar-refractivity contribution >= 4 is 0 Å². The van der Waals surface area contributed by atoms with Crippen LogP contribution in [0.5, 0.6) is 0 Å². The minimum atomic E-state index is -0.203. The van der Waals surface area contributed by atoms with Crippen LogP contribution in [0.3, 0.4) is 0 Å². The molecule has 5 nitrogen and oxygen atoms in total. The zero-order chi connectivity index (χ0) is 13.8. The number of ether oxygens (including phenoxy) is 1. The number of hydrogen-bond acceptors (Lipinski definition) is 4. The molecule has 1 N–H and O–H groups in total. The highest BCUT2D eigenvalue weighted by molar-refractivity contribution is 5.28. The van der Waals surface area contributed by atoms with Gasteiger partial charge in [-0.3, -0.25) is 9.69 Å². The van der Waals surface area contributed by atoms with E-state index in [1.54, 1.807) is 11.7 Å². The van der Waals surface area contributed by atoms with E-state index in [9.17, 15) is 9.90 Å². The maximum Gasteiger partial charge on any atom is 0.256 e. The Morgan fingerprint density at radius 2 is 2.26 bits per heavy atom. The molecule has 106 valence electrons. The standard InChI is InChI=1S/C14H22N2O3/c1-3-15-5-4-13-11(9-15)8-12(10-17)14(18)16(13)6-7-19-2/h8,17H,3-7,9-10H2,1-2H3. The Morgan fingerprint density at radius 3 is 2.89 bits per heavy atom. The van der Waals surface area contributed by atoms with Crippen LogP contribution in [0.2, 0.25) is 0 Å². The van der Waals surface area contributed by atoms with Gasteiger partial charge in [0.25, 0.3) is 5.56 Å². The van der Waals surface area contributed by atoms with Gasteiger partial charge in [-0.2, -0.15) is 0 Å². The molecule has 19 heavy (non-hydrogen) atoms. The summed E-state index contributed by atoms with van der Waals surface area (Å²) >= 11 is 0. The summed E-state index contributed by atoms with van der Waals surface area (Å²) in [5.41, 5.74) is 2.66. The molecule has 2 heterocycles. The number of hydrogen-bond donors (Lipinski definition) is 1. The van der Waals surface area contributed by atoms with Gasteiger partial charge in [0.15, 0.2) is 0 Å². The summed E-state index contributed by atoms with van der Waals surface area (Å²) in [4.78, 5) is 14.6. The molecule has 0 fully saturated rings. The van der Waals surface area contributed by atoms with Crippen molar-refractivity contribution in [2.24, 2.45) is 0 Å². The van der Waals surface area contributed by atoms with Crippen LogP contribution in [0.1, 0.15) is 23.7 Å². The molecule has 1 aromatic heterocycles. The molecule has 0 amide bonds. The second-order valence-electron chi connectivity index (χ2n) is 4.87. The number of aliphatic hydroxyl groups excluding tert-OH is 1. The number of fused-ring (bicyclic) bond motifs is 1. The van der Waals surface area contributed by atoms with Gasteiger partial charge in [0.1, 0.15) is 0 Å². The van der Waals surface area contributed by atoms with Crippen molar-refractivity contribution in [2.75, 3.05) is 26.8 Å². The SMILES string of the molecule is CCN1CCc2c(cc(CO)c(=O)n2CCOC)C1. The quantitative estimate of drug-likeness (QED) is 0.836. The van der Waals surface area contributed by atoms with Crippen LogP contribution < -0.4 is 5.56 Å². The summed E-state index contributed by atoms with van der Waals surface area (Å²) in [6, 6.07) is 1.86. The molecule has 0 spiro atoms. The molecule has 0 atom stereocenters. The number of rotatable bonds is 5. The van der Waals surface area contributed by atoms with Crippen molar-refractivity contribution in [1.82, 2.24) is 9.47 Å². The van der Waals surface area contributed by atoms with Crippen molar-refractivity contribution in [3.63, 3.8) is 0 Å². The van der Waals surface area contributed by atoms with Crippen molar-refractivity contribution < 1.29 is 9.84 Å². The topological polar surface area (TPSA) is 54.7 Å². The van der Waals surface area contributed by atoms with Crippen molar-refractivity contribution in [3.8, 4) is 0 Å². The van der Waals surface area contributed by atoms with Crippen LogP contribution in [0.25, 0.3) is 0 Å². The molecule has 1 aliphatic heterocycles. The minimum absolute atomic E-state index is 0.0803. The fraction of sp³-hybridized carbons (Fsp3) is 0.643. The maximum atomic E-state index is 12.3. The summed E-state index contributed by atoms with van der Waals surface area (Å²) in [5.74, 6) is 0. The minimum Gasteiger partial charge on any atom is -0.391 e. The molecular formula is C14H22N2O3. The van der Waals surface area contributed by atoms with E-state index in [1.807, 2.05) is 6.07 Å². The van der Waals surface area contributed by atoms with E-state index in [1.165, 1.54) is 0 Å². The van der Waals surface area contributed by atoms with Gasteiger partial charge in [0.2, 0.25) is 0 Å². The summed E-state index contributed by atoms with van der Waals surface area (Å²) in [6.07, 6.45) is 0.883. The van der Waals surface area contributed by atoms with Crippen LogP contribution in [-0.2, 0) is 30.9 Å². The van der Waals surface area contributed by atoms with Crippen LogP contribution in [-0.4, -0.2) is 41.4 Å². The van der Waals surface area contributed by atoms with Crippen LogP contribution in [0.4, 0.5) is 0 Å². The van der Waals surface area contributed by atoms with Gasteiger partial charge in [-0.05, 0) is 18.2 Å². The summed E-state index contributed by atoms with van der Waals surface area (Å²) in [7, 11) is 1.63. The zero-order valence-electron chi connectivity index (χ0n) is 11.7. The lowest BCUT2D eigenvalue weighted by molar-refractivity contribution is 0.182. The summed E-state index contributed by atoms with van der Waals surface area (Å²) < 4.78 is 6.85. The van der Waals surface area contributed by atoms with E-state index in [0.29, 0.717) is 18.7 Å². The van der Waals surface area contributed by atoms with Gasteiger partial charge >= 0.3 is 0 Å². The second-order valence-corrected chi connectivity index (χ2v) is 4.87. The van der Waals surface area contributed by atoms with Gasteiger partial charge < -0.3 is 14.4 Å². The van der Waals surface area contributed by atoms with Gasteiger partial charge in [-0.15, -0.1) is 0 Å². The van der Waals surface area contributed by atoms with Gasteiger partial charge in [0, 0.05) is 44.4 Å². The molecule has 5 heteroatoms. The van der Waals surface area contributed by atoms with E-state index in [4.69, 9.17) is 4.74 Å². The molecule has 0 radical (unpaired) electrons. The van der Waals surface area contributed by atoms with Gasteiger partial charge in [-0.25, -0.2) is 0 Å². The Morgan fingerprint density at radius 1 is 1.47 bits per heavy atom. The highest BCUT2D eigenvalue weighted by Crippen LogP contribution is 2.18. The first-order valence-electron chi connectivity index (χ1n) is 6.77. The van der Waals surface area contributed by atoms with Crippen LogP contribution >= 0.6 is 0 Å². The molecule has 1 aromatic rings. The number of aliphatic hydroxyl groups is 1. The lowest BCUT2D eigenvalue weighted by Crippen LogP contribution is -2.37. The Balaban J connectivity index is 2.43. The molecule has 0 saturated heterocycles. The Labute approximate surface area is 113 Å². The average molecular weight is 266 g/mol. The molecule has 0 saturated carbocycles. The summed E-state index contributed by atoms with van der Waals surface area (Å²) in [5, 5.41) is 9.33. The largest absolute Gasteiger partial charge is 0.391 e. The summed E-state index contributed by atoms with van der Waals surface area (Å²) in [6.45, 7) is 5.84. The first-order valence-corrected chi connectivity index (χ1v) is 6.77. The molecule has 0 bridgehead atoms. The van der Waals surface area contributed by atoms with Gasteiger partial charge in [0.05, 0.1) is 13.2 Å². The van der Waals surface area contributed by atoms with Crippen LogP contribution in [0, 0.1) is 0 Å². The third-order valence-electron chi connectivity index (χ3n) is 3.76. The second kappa shape index (κ2) is 6.32. The van der Waals surface area contributed by atoms with E-state index in [2.05, 4.69) is 11.8 Å². The normalized spacial score (nSPS) is 15.5. The number of methoxy groups -OCH3 is 1. The Kier molecular flexibility index (Phi) is 4.74. The van der Waals surface area contributed by atoms with E-state index in [-0.39, 0.29) is 12.2 Å². The van der Waals surface area contributed by atoms with Gasteiger partial charge in [-0.1, -0.05) is 6.92 Å². The average Bonchev–Trinajstić information content (AvgIpc) is 2.45. The predicted molar refractivity (Wildman–Crippen MR) is 73.2 cm³/mol. The molecule has 2 rings (SSSR count). The Hall–Kier alpha value is -1.17. The van der Waals surface area contributed by atoms with Crippen molar-refractivity contribution in [1.29, 1.82) is 0 Å². The molecule has 1 aliphatic rings. The van der Waals surface area contributed by atoms with Crippen LogP contribution in [0.15, 0.2) is 10.9 Å². The lowest BCUT2D eigenvalue weighted by atomic mass is 10.0. The molecule has 0 aromatic carbocycles. The first kappa shape index (κ1) is 14.2. The van der Waals surface area contributed by atoms with E-state index in [0.717, 1.165) is 37.3 Å². The number of aromatic nitrogens is 1. The van der Waals surface area contributed by atoms with E-state index < -0.39 is 0 Å². The highest BCUT2D eigenvalue weighted by Gasteiger charge is 2.20. The zero-order valence-corrected chi connectivity index (χ0v) is 11.7. The fourth-order valence-electron chi connectivity index (χ4n) is 2.64.